The highest BCUT2D eigenvalue weighted by Gasteiger charge is 2.27. The van der Waals surface area contributed by atoms with Crippen molar-refractivity contribution in [1.29, 1.82) is 0 Å². The fraction of sp³-hybridized carbons (Fsp3) is 0.217. The number of nitrogens with zero attached hydrogens (tertiary/aromatic N) is 6. The fourth-order valence-corrected chi connectivity index (χ4v) is 14.8. The molecule has 6 aliphatic heterocycles. The zero-order chi connectivity index (χ0) is 94.5. The van der Waals surface area contributed by atoms with Gasteiger partial charge in [-0.15, -0.1) is 0 Å². The van der Waals surface area contributed by atoms with Crippen molar-refractivity contribution in [3.8, 4) is 74.7 Å². The molecule has 7 N–H and O–H groups in total. The van der Waals surface area contributed by atoms with Gasteiger partial charge < -0.3 is 130 Å². The third kappa shape index (κ3) is 24.8. The molecule has 38 nitrogen and oxygen atoms in total. The molecule has 6 aromatic carbocycles. The smallest absolute Gasteiger partial charge is 0.256 e. The van der Waals surface area contributed by atoms with Gasteiger partial charge in [0, 0.05) is 79.7 Å². The van der Waals surface area contributed by atoms with E-state index < -0.39 is 12.5 Å². The van der Waals surface area contributed by atoms with E-state index in [1.54, 1.807) is 57.2 Å². The van der Waals surface area contributed by atoms with Gasteiger partial charge in [-0.1, -0.05) is 73.4 Å². The first kappa shape index (κ1) is 94.9. The molecule has 6 aromatic heterocycles. The van der Waals surface area contributed by atoms with Gasteiger partial charge in [0.25, 0.3) is 35.4 Å². The number of halogens is 3. The number of aryl methyl sites for hydroxylation is 3. The third-order valence-electron chi connectivity index (χ3n) is 20.2. The monoisotopic (exact) mass is 1920 g/mol. The number of hydrogen-bond donors (Lipinski definition) is 7. The predicted octanol–water partition coefficient (Wildman–Crippen LogP) is 9.49. The lowest BCUT2D eigenvalue weighted by Crippen LogP contribution is -2.31. The molecule has 18 rings (SSSR count). The second-order valence-corrected chi connectivity index (χ2v) is 31.5. The first-order valence-corrected chi connectivity index (χ1v) is 42.1. The van der Waals surface area contributed by atoms with E-state index in [1.165, 1.54) is 68.8 Å². The Balaban J connectivity index is 0.000000136. The second-order valence-electron chi connectivity index (χ2n) is 29.8. The molecule has 12 heterocycles. The Morgan fingerprint density at radius 3 is 0.985 bits per heavy atom. The van der Waals surface area contributed by atoms with E-state index in [9.17, 15) is 65.1 Å². The zero-order valence-corrected chi connectivity index (χ0v) is 74.9. The summed E-state index contributed by atoms with van der Waals surface area (Å²) in [6.45, 7) is 11.9. The summed E-state index contributed by atoms with van der Waals surface area (Å²) < 4.78 is 72.3. The molecule has 0 bridgehead atoms. The summed E-state index contributed by atoms with van der Waals surface area (Å²) in [7, 11) is 1.35. The molecule has 690 valence electrons. The number of nitrogens with one attached hydrogen (secondary N) is 6. The van der Waals surface area contributed by atoms with Crippen molar-refractivity contribution in [2.75, 3.05) is 47.9 Å². The average molecular weight is 1930 g/mol. The van der Waals surface area contributed by atoms with Gasteiger partial charge in [0.1, 0.15) is 10.0 Å². The number of methoxy groups -OCH3 is 1. The molecule has 0 radical (unpaired) electrons. The largest absolute Gasteiger partial charge is 0.619 e. The van der Waals surface area contributed by atoms with Crippen LogP contribution >= 0.6 is 39.1 Å². The fourth-order valence-electron chi connectivity index (χ4n) is 13.7. The summed E-state index contributed by atoms with van der Waals surface area (Å²) in [6, 6.07) is 37.3. The van der Waals surface area contributed by atoms with Crippen molar-refractivity contribution in [3.05, 3.63) is 342 Å². The van der Waals surface area contributed by atoms with Crippen LogP contribution in [0.4, 0.5) is 0 Å². The van der Waals surface area contributed by atoms with Crippen LogP contribution < -0.4 is 122 Å². The summed E-state index contributed by atoms with van der Waals surface area (Å²) >= 11 is 15.0. The number of carbonyl (C=O) groups is 6. The second kappa shape index (κ2) is 44.0. The number of aliphatic hydroxyl groups is 1. The number of aromatic nitrogens is 6. The number of carbonyl (C=O) groups excluding carboxylic acids is 6. The van der Waals surface area contributed by atoms with Crippen LogP contribution in [0.2, 0.25) is 10.0 Å². The van der Waals surface area contributed by atoms with Crippen molar-refractivity contribution in [1.82, 2.24) is 31.9 Å². The molecule has 0 fully saturated rings. The maximum atomic E-state index is 12.5. The number of hydrogen-bond acceptors (Lipinski definition) is 26. The first-order chi connectivity index (χ1) is 64.0. The van der Waals surface area contributed by atoms with Crippen molar-refractivity contribution < 1.29 is 124 Å². The van der Waals surface area contributed by atoms with Crippen LogP contribution in [0.1, 0.15) is 143 Å². The molecule has 0 saturated carbocycles. The summed E-state index contributed by atoms with van der Waals surface area (Å²) in [5.74, 6) is 6.56. The van der Waals surface area contributed by atoms with Crippen LogP contribution in [0.15, 0.2) is 206 Å². The van der Waals surface area contributed by atoms with Crippen LogP contribution in [0.5, 0.6) is 74.7 Å². The molecular weight excluding hydrogens is 1840 g/mol. The summed E-state index contributed by atoms with van der Waals surface area (Å²) in [5.41, 5.74) is 10.2. The minimum Gasteiger partial charge on any atom is -0.619 e. The molecule has 41 heteroatoms. The number of aliphatic hydroxyl groups excluding tert-OH is 1. The maximum absolute atomic E-state index is 12.5. The van der Waals surface area contributed by atoms with Crippen molar-refractivity contribution in [3.63, 3.8) is 0 Å². The molecule has 0 spiro atoms. The lowest BCUT2D eigenvalue weighted by atomic mass is 9.99. The molecular formula is C92H85BrCl2N12O26. The lowest BCUT2D eigenvalue weighted by Gasteiger charge is -2.12. The third-order valence-corrected chi connectivity index (χ3v) is 21.4. The van der Waals surface area contributed by atoms with E-state index >= 15 is 0 Å². The Labute approximate surface area is 777 Å². The van der Waals surface area contributed by atoms with Gasteiger partial charge in [-0.3, -0.25) is 28.8 Å². The van der Waals surface area contributed by atoms with Gasteiger partial charge in [0.2, 0.25) is 47.0 Å². The van der Waals surface area contributed by atoms with Gasteiger partial charge >= 0.3 is 0 Å². The van der Waals surface area contributed by atoms with Crippen LogP contribution in [-0.4, -0.2) is 88.4 Å². The van der Waals surface area contributed by atoms with Crippen LogP contribution in [0, 0.1) is 52.0 Å². The average Bonchev–Trinajstić information content (AvgIpc) is 1.79. The van der Waals surface area contributed by atoms with E-state index in [1.807, 2.05) is 92.7 Å². The summed E-state index contributed by atoms with van der Waals surface area (Å²) in [4.78, 5) is 73.5. The highest BCUT2D eigenvalue weighted by molar-refractivity contribution is 9.10. The van der Waals surface area contributed by atoms with Crippen molar-refractivity contribution in [2.45, 2.75) is 86.4 Å². The topological polar surface area (TPSA) is 476 Å². The number of benzene rings is 6. The van der Waals surface area contributed by atoms with Gasteiger partial charge in [0.15, 0.2) is 143 Å². The normalized spacial score (nSPS) is 12.3. The molecule has 0 aliphatic carbocycles. The molecule has 133 heavy (non-hydrogen) atoms. The van der Waals surface area contributed by atoms with Gasteiger partial charge in [-0.25, -0.2) is 0 Å². The van der Waals surface area contributed by atoms with E-state index in [4.69, 9.17) is 84.8 Å². The molecule has 12 aromatic rings. The Hall–Kier alpha value is -15.7. The number of amides is 6. The molecule has 0 saturated heterocycles. The Kier molecular flexibility index (Phi) is 31.4. The van der Waals surface area contributed by atoms with Crippen LogP contribution in [0.25, 0.3) is 0 Å². The van der Waals surface area contributed by atoms with E-state index in [-0.39, 0.29) is 115 Å². The minimum atomic E-state index is -0.452. The van der Waals surface area contributed by atoms with Crippen molar-refractivity contribution >= 4 is 74.6 Å². The number of rotatable bonds is 21. The first-order valence-electron chi connectivity index (χ1n) is 40.5. The van der Waals surface area contributed by atoms with Gasteiger partial charge in [0.05, 0.1) is 57.1 Å². The molecule has 6 aliphatic rings. The van der Waals surface area contributed by atoms with E-state index in [2.05, 4.69) is 47.8 Å². The van der Waals surface area contributed by atoms with Crippen LogP contribution in [0.3, 0.4) is 0 Å². The molecule has 6 amide bonds. The maximum Gasteiger partial charge on any atom is 0.256 e. The summed E-state index contributed by atoms with van der Waals surface area (Å²) in [6.07, 6.45) is 15.2. The zero-order valence-electron chi connectivity index (χ0n) is 71.8. The minimum absolute atomic E-state index is 0.0858. The SMILES string of the molecule is CC(C)c1c[n+]([O-])ccc1C(=O)NCc1ccc2c(c1)OCO2.COc1c[n+]([O-])cc(CO)c1C(=O)NCc1ccc2c(c1)OCO2.Cc1c[n+]([O-])cc(C)c1C(=O)NCc1ccc2c(c1)OCO2.Cc1c[n+]([O-])cc(Cl)c1C(=O)NCc1ccc2c(c1)OCO2.O=C(NCc1ccc2c(c1)OCO2)c1cc[n+]([O-])cc1Br.O=C(NCc1ccc2c(c1)OCO2)c1cc[n+]([O-])cc1Cl. The Bertz CT molecular complexity index is 6060. The number of pyridine rings is 6. The van der Waals surface area contributed by atoms with Gasteiger partial charge in [-0.05, 0) is 149 Å². The van der Waals surface area contributed by atoms with Gasteiger partial charge in [-0.2, -0.15) is 28.4 Å². The highest BCUT2D eigenvalue weighted by Crippen LogP contribution is 2.38. The summed E-state index contributed by atoms with van der Waals surface area (Å²) in [5, 5.41) is 94.0. The molecule has 0 atom stereocenters. The number of fused-ring (bicyclic) bond motifs is 6. The van der Waals surface area contributed by atoms with Crippen molar-refractivity contribution in [2.24, 2.45) is 0 Å². The standard InChI is InChI=1S/C17H18N2O4.C16H16N2O6.C16H16N2O4.C15H13ClN2O4.C14H11BrN2O4.C14H11ClN2O4/c1-11(2)14-9-19(21)6-5-13(14)17(20)18-8-12-3-4-15-16(7-12)23-10-22-15;1-22-14-7-18(21)6-11(8-19)15(14)16(20)17-5-10-2-3-12-13(4-10)24-9-23-12;1-10-7-18(20)8-11(2)15(10)16(19)17-6-12-3-4-13-14(5-12)22-9-21-13;1-9-6-18(20)7-11(16)14(9)15(19)17-5-10-2-3-12-13(4-10)22-8-21-12;2*15-11-7-17(19)4-3-10(11)14(18)16-6-9-1-2-12-13(5-9)21-8-20-12/h3-7,9,11H,8,10H2,1-2H3,(H,18,20);2-4,6-7,19H,5,8-9H2,1H3,(H,17,20);3-5,7-8H,6,9H2,1-2H3,(H,17,19);2-4,6-7H,5,8H2,1H3,(H,17,19);2*1-5,7H,6,8H2,(H,16,18). The lowest BCUT2D eigenvalue weighted by molar-refractivity contribution is -0.606. The predicted molar refractivity (Wildman–Crippen MR) is 473 cm³/mol. The number of ether oxygens (including phenoxy) is 13. The van der Waals surface area contributed by atoms with Crippen LogP contribution in [-0.2, 0) is 45.9 Å². The molecule has 0 unspecified atom stereocenters. The quantitative estimate of drug-likeness (QED) is 0.0260. The highest BCUT2D eigenvalue weighted by atomic mass is 79.9. The Morgan fingerprint density at radius 2 is 0.639 bits per heavy atom. The van der Waals surface area contributed by atoms with E-state index in [0.717, 1.165) is 63.7 Å². The Morgan fingerprint density at radius 1 is 0.353 bits per heavy atom. The van der Waals surface area contributed by atoms with E-state index in [0.29, 0.717) is 174 Å².